The minimum Gasteiger partial charge on any atom is -0.475 e. The number of anilines is 1. The summed E-state index contributed by atoms with van der Waals surface area (Å²) in [4.78, 5) is 45.1. The fourth-order valence-electron chi connectivity index (χ4n) is 4.46. The van der Waals surface area contributed by atoms with Gasteiger partial charge in [-0.3, -0.25) is 9.59 Å². The maximum Gasteiger partial charge on any atom is 0.490 e. The van der Waals surface area contributed by atoms with Crippen LogP contribution in [0.1, 0.15) is 59.0 Å². The molecule has 5 rings (SSSR count). The zero-order valence-electron chi connectivity index (χ0n) is 20.6. The summed E-state index contributed by atoms with van der Waals surface area (Å²) in [5.41, 5.74) is 9.21. The molecule has 2 amide bonds. The summed E-state index contributed by atoms with van der Waals surface area (Å²) in [5, 5.41) is 10.1. The molecule has 3 heterocycles. The number of alkyl halides is 3. The molecule has 0 bridgehead atoms. The molecule has 1 aromatic heterocycles. The molecule has 13 heteroatoms. The van der Waals surface area contributed by atoms with Crippen molar-refractivity contribution in [2.45, 2.75) is 57.4 Å². The van der Waals surface area contributed by atoms with Gasteiger partial charge in [-0.05, 0) is 56.2 Å². The van der Waals surface area contributed by atoms with Crippen molar-refractivity contribution in [2.24, 2.45) is 5.92 Å². The molecule has 1 aliphatic carbocycles. The first-order valence-electron chi connectivity index (χ1n) is 12.2. The highest BCUT2D eigenvalue weighted by molar-refractivity contribution is 5.99. The third-order valence-electron chi connectivity index (χ3n) is 6.84. The molecular formula is C25H28F3N5O5. The van der Waals surface area contributed by atoms with Crippen LogP contribution in [0.25, 0.3) is 11.3 Å². The number of carbonyl (C=O) groups is 3. The van der Waals surface area contributed by atoms with E-state index in [1.165, 1.54) is 12.8 Å². The first-order chi connectivity index (χ1) is 18.0. The fourth-order valence-corrected chi connectivity index (χ4v) is 4.46. The van der Waals surface area contributed by atoms with Gasteiger partial charge in [-0.25, -0.2) is 14.8 Å². The maximum atomic E-state index is 12.8. The van der Waals surface area contributed by atoms with Gasteiger partial charge in [-0.2, -0.15) is 13.2 Å². The Morgan fingerprint density at radius 1 is 1.21 bits per heavy atom. The van der Waals surface area contributed by atoms with Crippen molar-refractivity contribution in [1.29, 1.82) is 0 Å². The third-order valence-corrected chi connectivity index (χ3v) is 6.84. The number of carboxylic acids is 1. The monoisotopic (exact) mass is 535 g/mol. The highest BCUT2D eigenvalue weighted by Crippen LogP contribution is 2.38. The summed E-state index contributed by atoms with van der Waals surface area (Å²) in [5.74, 6) is -2.25. The Morgan fingerprint density at radius 2 is 1.87 bits per heavy atom. The predicted molar refractivity (Wildman–Crippen MR) is 129 cm³/mol. The Bertz CT molecular complexity index is 1230. The molecule has 1 saturated heterocycles. The van der Waals surface area contributed by atoms with Gasteiger partial charge in [0.15, 0.2) is 11.5 Å². The van der Waals surface area contributed by atoms with E-state index in [-0.39, 0.29) is 35.4 Å². The molecule has 1 atom stereocenters. The zero-order valence-corrected chi connectivity index (χ0v) is 20.6. The molecule has 1 saturated carbocycles. The summed E-state index contributed by atoms with van der Waals surface area (Å²) in [7, 11) is 0. The van der Waals surface area contributed by atoms with Gasteiger partial charge >= 0.3 is 12.1 Å². The second-order valence-electron chi connectivity index (χ2n) is 9.54. The van der Waals surface area contributed by atoms with E-state index in [4.69, 9.17) is 20.4 Å². The normalized spacial score (nSPS) is 18.3. The largest absolute Gasteiger partial charge is 0.490 e. The van der Waals surface area contributed by atoms with E-state index in [1.807, 2.05) is 23.1 Å². The number of aromatic nitrogens is 2. The molecule has 0 radical (unpaired) electrons. The SMILES string of the molecule is CC(C1CC1)N1Cc2cc(-c3cnc(N)c(C(=O)NC4CCOCC4)n3)ccc2C1=O.O=C(O)C(F)(F)F. The van der Waals surface area contributed by atoms with Crippen LogP contribution in [0, 0.1) is 5.92 Å². The summed E-state index contributed by atoms with van der Waals surface area (Å²) in [6.45, 7) is 4.02. The highest BCUT2D eigenvalue weighted by atomic mass is 19.4. The van der Waals surface area contributed by atoms with Crippen molar-refractivity contribution in [3.63, 3.8) is 0 Å². The van der Waals surface area contributed by atoms with Crippen molar-refractivity contribution >= 4 is 23.6 Å². The van der Waals surface area contributed by atoms with E-state index in [2.05, 4.69) is 22.2 Å². The summed E-state index contributed by atoms with van der Waals surface area (Å²) in [6.07, 6.45) is 0.434. The molecule has 4 N–H and O–H groups in total. The van der Waals surface area contributed by atoms with Gasteiger partial charge in [-0.1, -0.05) is 6.07 Å². The van der Waals surface area contributed by atoms with E-state index >= 15 is 0 Å². The minimum absolute atomic E-state index is 0.0524. The number of hydrogen-bond donors (Lipinski definition) is 3. The number of fused-ring (bicyclic) bond motifs is 1. The second-order valence-corrected chi connectivity index (χ2v) is 9.54. The molecule has 1 unspecified atom stereocenters. The van der Waals surface area contributed by atoms with Crippen molar-refractivity contribution in [2.75, 3.05) is 18.9 Å². The summed E-state index contributed by atoms with van der Waals surface area (Å²) in [6, 6.07) is 6.01. The van der Waals surface area contributed by atoms with Crippen LogP contribution in [0.5, 0.6) is 0 Å². The van der Waals surface area contributed by atoms with Crippen molar-refractivity contribution in [1.82, 2.24) is 20.2 Å². The lowest BCUT2D eigenvalue weighted by molar-refractivity contribution is -0.192. The van der Waals surface area contributed by atoms with Crippen molar-refractivity contribution in [3.05, 3.63) is 41.2 Å². The molecule has 2 aliphatic heterocycles. The lowest BCUT2D eigenvalue weighted by Crippen LogP contribution is -2.39. The van der Waals surface area contributed by atoms with Gasteiger partial charge in [0, 0.05) is 43.0 Å². The third kappa shape index (κ3) is 6.21. The average Bonchev–Trinajstić information content (AvgIpc) is 3.68. The molecule has 2 fully saturated rings. The van der Waals surface area contributed by atoms with Gasteiger partial charge in [0.2, 0.25) is 0 Å². The first kappa shape index (κ1) is 27.3. The number of hydrogen-bond acceptors (Lipinski definition) is 7. The fraction of sp³-hybridized carbons (Fsp3) is 0.480. The lowest BCUT2D eigenvalue weighted by Gasteiger charge is -2.23. The quantitative estimate of drug-likeness (QED) is 0.529. The Balaban J connectivity index is 0.000000426. The topological polar surface area (TPSA) is 148 Å². The van der Waals surface area contributed by atoms with E-state index in [0.717, 1.165) is 29.5 Å². The van der Waals surface area contributed by atoms with E-state index in [0.29, 0.717) is 31.4 Å². The highest BCUT2D eigenvalue weighted by Gasteiger charge is 2.39. The van der Waals surface area contributed by atoms with Crippen LogP contribution in [0.4, 0.5) is 19.0 Å². The Kier molecular flexibility index (Phi) is 7.86. The number of rotatable bonds is 5. The number of nitrogen functional groups attached to an aromatic ring is 1. The molecule has 38 heavy (non-hydrogen) atoms. The van der Waals surface area contributed by atoms with E-state index in [1.54, 1.807) is 6.20 Å². The van der Waals surface area contributed by atoms with Gasteiger partial charge < -0.3 is 25.8 Å². The lowest BCUT2D eigenvalue weighted by atomic mass is 10.0. The molecule has 0 spiro atoms. The van der Waals surface area contributed by atoms with Crippen LogP contribution >= 0.6 is 0 Å². The number of carbonyl (C=O) groups excluding carboxylic acids is 2. The van der Waals surface area contributed by atoms with Gasteiger partial charge in [-0.15, -0.1) is 0 Å². The first-order valence-corrected chi connectivity index (χ1v) is 12.2. The standard InChI is InChI=1S/C23H27N5O3.C2HF3O2/c1-13(14-2-3-14)28-12-16-10-15(4-5-18(16)23(28)30)19-11-25-21(24)20(27-19)22(29)26-17-6-8-31-9-7-17;3-2(4,5)1(6)7/h4-5,10-11,13-14,17H,2-3,6-9,12H2,1H3,(H2,24,25)(H,26,29);(H,6,7). The van der Waals surface area contributed by atoms with E-state index < -0.39 is 12.1 Å². The molecule has 10 nitrogen and oxygen atoms in total. The Morgan fingerprint density at radius 3 is 2.47 bits per heavy atom. The number of nitrogens with two attached hydrogens (primary N) is 1. The number of ether oxygens (including phenoxy) is 1. The molecular weight excluding hydrogens is 507 g/mol. The Hall–Kier alpha value is -3.74. The number of benzene rings is 1. The van der Waals surface area contributed by atoms with Gasteiger partial charge in [0.05, 0.1) is 11.9 Å². The smallest absolute Gasteiger partial charge is 0.475 e. The van der Waals surface area contributed by atoms with Crippen LogP contribution in [-0.2, 0) is 16.1 Å². The predicted octanol–water partition coefficient (Wildman–Crippen LogP) is 3.02. The van der Waals surface area contributed by atoms with Crippen LogP contribution in [0.3, 0.4) is 0 Å². The molecule has 1 aromatic carbocycles. The summed E-state index contributed by atoms with van der Waals surface area (Å²) >= 11 is 0. The number of nitrogens with zero attached hydrogens (tertiary/aromatic N) is 3. The minimum atomic E-state index is -5.08. The molecule has 204 valence electrons. The van der Waals surface area contributed by atoms with Crippen molar-refractivity contribution in [3.8, 4) is 11.3 Å². The van der Waals surface area contributed by atoms with Gasteiger partial charge in [0.1, 0.15) is 0 Å². The average molecular weight is 536 g/mol. The number of carboxylic acid groups (broad SMARTS) is 1. The second kappa shape index (κ2) is 10.9. The van der Waals surface area contributed by atoms with Crippen LogP contribution in [-0.4, -0.2) is 69.2 Å². The number of halogens is 3. The molecule has 3 aliphatic rings. The maximum absolute atomic E-state index is 12.8. The van der Waals surface area contributed by atoms with Gasteiger partial charge in [0.25, 0.3) is 11.8 Å². The van der Waals surface area contributed by atoms with E-state index in [9.17, 15) is 22.8 Å². The Labute approximate surface area is 216 Å². The van der Waals surface area contributed by atoms with Crippen LogP contribution in [0.15, 0.2) is 24.4 Å². The zero-order chi connectivity index (χ0) is 27.6. The number of nitrogens with one attached hydrogen (secondary N) is 1. The number of aliphatic carboxylic acids is 1. The van der Waals surface area contributed by atoms with Crippen LogP contribution < -0.4 is 11.1 Å². The molecule has 2 aromatic rings. The van der Waals surface area contributed by atoms with Crippen molar-refractivity contribution < 1.29 is 37.4 Å². The van der Waals surface area contributed by atoms with Crippen LogP contribution in [0.2, 0.25) is 0 Å². The number of amides is 2. The summed E-state index contributed by atoms with van der Waals surface area (Å²) < 4.78 is 37.1.